The standard InChI is InChI=1S/C13H24N2S/c1-10-6-7-16-11(10)12(2,3)8-15-9-13(4,5)14/h6-7,15H,8-9,14H2,1-5H3. The van der Waals surface area contributed by atoms with E-state index in [1.807, 2.05) is 25.2 Å². The monoisotopic (exact) mass is 240 g/mol. The lowest BCUT2D eigenvalue weighted by Gasteiger charge is -2.27. The number of hydrogen-bond acceptors (Lipinski definition) is 3. The van der Waals surface area contributed by atoms with Crippen molar-refractivity contribution in [3.63, 3.8) is 0 Å². The highest BCUT2D eigenvalue weighted by molar-refractivity contribution is 7.10. The Balaban J connectivity index is 2.56. The molecule has 1 heterocycles. The maximum Gasteiger partial charge on any atom is 0.0223 e. The van der Waals surface area contributed by atoms with Gasteiger partial charge in [0.25, 0.3) is 0 Å². The molecule has 16 heavy (non-hydrogen) atoms. The number of nitrogens with one attached hydrogen (secondary N) is 1. The van der Waals surface area contributed by atoms with Crippen molar-refractivity contribution in [2.45, 2.75) is 45.6 Å². The Morgan fingerprint density at radius 2 is 1.88 bits per heavy atom. The molecule has 0 aliphatic rings. The van der Waals surface area contributed by atoms with Gasteiger partial charge in [-0.15, -0.1) is 11.3 Å². The van der Waals surface area contributed by atoms with E-state index in [9.17, 15) is 0 Å². The van der Waals surface area contributed by atoms with Crippen molar-refractivity contribution in [1.29, 1.82) is 0 Å². The van der Waals surface area contributed by atoms with Crippen LogP contribution < -0.4 is 11.1 Å². The fourth-order valence-electron chi connectivity index (χ4n) is 1.84. The van der Waals surface area contributed by atoms with Gasteiger partial charge in [-0.1, -0.05) is 13.8 Å². The van der Waals surface area contributed by atoms with E-state index >= 15 is 0 Å². The zero-order chi connectivity index (χ0) is 12.4. The first kappa shape index (κ1) is 13.7. The van der Waals surface area contributed by atoms with Crippen LogP contribution in [0.1, 0.15) is 38.1 Å². The maximum atomic E-state index is 5.95. The van der Waals surface area contributed by atoms with Gasteiger partial charge in [-0.2, -0.15) is 0 Å². The van der Waals surface area contributed by atoms with Gasteiger partial charge < -0.3 is 11.1 Å². The smallest absolute Gasteiger partial charge is 0.0223 e. The summed E-state index contributed by atoms with van der Waals surface area (Å²) in [5.41, 5.74) is 7.39. The lowest BCUT2D eigenvalue weighted by Crippen LogP contribution is -2.46. The Labute approximate surface area is 103 Å². The molecule has 2 nitrogen and oxygen atoms in total. The third-order valence-corrected chi connectivity index (χ3v) is 4.01. The molecule has 3 N–H and O–H groups in total. The van der Waals surface area contributed by atoms with Crippen LogP contribution in [0.25, 0.3) is 0 Å². The van der Waals surface area contributed by atoms with Crippen LogP contribution in [-0.2, 0) is 5.41 Å². The second-order valence-electron chi connectivity index (χ2n) is 5.91. The van der Waals surface area contributed by atoms with Crippen molar-refractivity contribution >= 4 is 11.3 Å². The molecule has 0 radical (unpaired) electrons. The van der Waals surface area contributed by atoms with Gasteiger partial charge in [-0.3, -0.25) is 0 Å². The topological polar surface area (TPSA) is 38.0 Å². The van der Waals surface area contributed by atoms with Crippen molar-refractivity contribution in [1.82, 2.24) is 5.32 Å². The van der Waals surface area contributed by atoms with Crippen LogP contribution in [0.4, 0.5) is 0 Å². The van der Waals surface area contributed by atoms with Gasteiger partial charge in [-0.05, 0) is 37.8 Å². The fraction of sp³-hybridized carbons (Fsp3) is 0.692. The van der Waals surface area contributed by atoms with Crippen LogP contribution in [0.2, 0.25) is 0 Å². The van der Waals surface area contributed by atoms with Gasteiger partial charge in [0.15, 0.2) is 0 Å². The van der Waals surface area contributed by atoms with Crippen molar-refractivity contribution in [3.8, 4) is 0 Å². The number of aryl methyl sites for hydroxylation is 1. The minimum atomic E-state index is -0.138. The summed E-state index contributed by atoms with van der Waals surface area (Å²) in [6.07, 6.45) is 0. The van der Waals surface area contributed by atoms with Gasteiger partial charge >= 0.3 is 0 Å². The van der Waals surface area contributed by atoms with Gasteiger partial charge in [0.05, 0.1) is 0 Å². The molecular weight excluding hydrogens is 216 g/mol. The molecule has 0 aliphatic carbocycles. The first-order valence-electron chi connectivity index (χ1n) is 5.76. The van der Waals surface area contributed by atoms with E-state index in [1.54, 1.807) is 0 Å². The number of thiophene rings is 1. The largest absolute Gasteiger partial charge is 0.324 e. The molecular formula is C13H24N2S. The van der Waals surface area contributed by atoms with E-state index in [2.05, 4.69) is 37.5 Å². The average Bonchev–Trinajstić information content (AvgIpc) is 2.48. The minimum absolute atomic E-state index is 0.138. The van der Waals surface area contributed by atoms with Gasteiger partial charge in [-0.25, -0.2) is 0 Å². The quantitative estimate of drug-likeness (QED) is 0.830. The fourth-order valence-corrected chi connectivity index (χ4v) is 2.90. The summed E-state index contributed by atoms with van der Waals surface area (Å²) in [5.74, 6) is 0. The minimum Gasteiger partial charge on any atom is -0.324 e. The first-order chi connectivity index (χ1) is 7.22. The van der Waals surface area contributed by atoms with Crippen LogP contribution in [0.15, 0.2) is 11.4 Å². The third kappa shape index (κ3) is 3.89. The number of nitrogens with two attached hydrogens (primary N) is 1. The van der Waals surface area contributed by atoms with E-state index in [4.69, 9.17) is 5.73 Å². The van der Waals surface area contributed by atoms with Crippen LogP contribution in [0.5, 0.6) is 0 Å². The van der Waals surface area contributed by atoms with Crippen molar-refractivity contribution in [2.75, 3.05) is 13.1 Å². The number of rotatable bonds is 5. The van der Waals surface area contributed by atoms with Crippen molar-refractivity contribution < 1.29 is 0 Å². The molecule has 1 rings (SSSR count). The van der Waals surface area contributed by atoms with E-state index in [0.29, 0.717) is 0 Å². The molecule has 0 spiro atoms. The molecule has 0 amide bonds. The Hall–Kier alpha value is -0.380. The third-order valence-electron chi connectivity index (χ3n) is 2.62. The average molecular weight is 240 g/mol. The molecule has 0 fully saturated rings. The summed E-state index contributed by atoms with van der Waals surface area (Å²) in [7, 11) is 0. The molecule has 0 atom stereocenters. The highest BCUT2D eigenvalue weighted by Crippen LogP contribution is 2.30. The van der Waals surface area contributed by atoms with E-state index < -0.39 is 0 Å². The molecule has 0 aromatic carbocycles. The summed E-state index contributed by atoms with van der Waals surface area (Å²) in [4.78, 5) is 1.47. The Bertz CT molecular complexity index is 334. The van der Waals surface area contributed by atoms with Crippen molar-refractivity contribution in [2.24, 2.45) is 5.73 Å². The Morgan fingerprint density at radius 1 is 1.25 bits per heavy atom. The Kier molecular flexibility index (Phi) is 4.16. The molecule has 1 aromatic rings. The zero-order valence-electron chi connectivity index (χ0n) is 11.1. The highest BCUT2D eigenvalue weighted by atomic mass is 32.1. The van der Waals surface area contributed by atoms with Crippen molar-refractivity contribution in [3.05, 3.63) is 21.9 Å². The van der Waals surface area contributed by atoms with E-state index in [-0.39, 0.29) is 11.0 Å². The van der Waals surface area contributed by atoms with Gasteiger partial charge in [0.2, 0.25) is 0 Å². The van der Waals surface area contributed by atoms with Gasteiger partial charge in [0.1, 0.15) is 0 Å². The summed E-state index contributed by atoms with van der Waals surface area (Å²) >= 11 is 1.84. The predicted molar refractivity (Wildman–Crippen MR) is 73.2 cm³/mol. The van der Waals surface area contributed by atoms with E-state index in [0.717, 1.165) is 13.1 Å². The second kappa shape index (κ2) is 4.86. The molecule has 92 valence electrons. The van der Waals surface area contributed by atoms with Crippen LogP contribution >= 0.6 is 11.3 Å². The molecule has 3 heteroatoms. The predicted octanol–water partition coefficient (Wildman–Crippen LogP) is 2.66. The van der Waals surface area contributed by atoms with Crippen LogP contribution in [-0.4, -0.2) is 18.6 Å². The maximum absolute atomic E-state index is 5.95. The number of hydrogen-bond donors (Lipinski definition) is 2. The SMILES string of the molecule is Cc1ccsc1C(C)(C)CNCC(C)(C)N. The normalized spacial score (nSPS) is 13.1. The first-order valence-corrected chi connectivity index (χ1v) is 6.64. The molecule has 0 aliphatic heterocycles. The highest BCUT2D eigenvalue weighted by Gasteiger charge is 2.24. The molecule has 0 saturated heterocycles. The second-order valence-corrected chi connectivity index (χ2v) is 6.82. The molecule has 0 unspecified atom stereocenters. The van der Waals surface area contributed by atoms with Gasteiger partial charge in [0, 0.05) is 28.9 Å². The summed E-state index contributed by atoms with van der Waals surface area (Å²) in [5, 5.41) is 5.63. The lowest BCUT2D eigenvalue weighted by molar-refractivity contribution is 0.414. The summed E-state index contributed by atoms with van der Waals surface area (Å²) in [6.45, 7) is 12.6. The van der Waals surface area contributed by atoms with Crippen LogP contribution in [0.3, 0.4) is 0 Å². The molecule has 1 aromatic heterocycles. The zero-order valence-corrected chi connectivity index (χ0v) is 11.9. The Morgan fingerprint density at radius 3 is 2.31 bits per heavy atom. The van der Waals surface area contributed by atoms with E-state index in [1.165, 1.54) is 10.4 Å². The summed E-state index contributed by atoms with van der Waals surface area (Å²) < 4.78 is 0. The lowest BCUT2D eigenvalue weighted by atomic mass is 9.89. The molecule has 0 bridgehead atoms. The summed E-state index contributed by atoms with van der Waals surface area (Å²) in [6, 6.07) is 2.19. The van der Waals surface area contributed by atoms with Crippen LogP contribution in [0, 0.1) is 6.92 Å². The molecule has 0 saturated carbocycles.